The molecule has 22 heteroatoms. The fourth-order valence-electron chi connectivity index (χ4n) is 1.13. The Kier molecular flexibility index (Phi) is 8.14. The van der Waals surface area contributed by atoms with Crippen LogP contribution in [0.3, 0.4) is 0 Å². The first-order valence-electron chi connectivity index (χ1n) is 6.10. The molecule has 188 valence electrons. The molecule has 0 aliphatic carbocycles. The fourth-order valence-corrected chi connectivity index (χ4v) is 1.35. The van der Waals surface area contributed by atoms with Gasteiger partial charge in [0, 0.05) is 45.2 Å². The van der Waals surface area contributed by atoms with Crippen molar-refractivity contribution in [2.75, 3.05) is 0 Å². The van der Waals surface area contributed by atoms with Crippen molar-refractivity contribution in [2.45, 2.75) is 50.1 Å². The summed E-state index contributed by atoms with van der Waals surface area (Å²) in [5.74, 6) is -25.0. The van der Waals surface area contributed by atoms with E-state index in [0.717, 1.165) is 0 Å². The summed E-state index contributed by atoms with van der Waals surface area (Å²) in [6.07, 6.45) is -29.3. The van der Waals surface area contributed by atoms with Crippen LogP contribution < -0.4 is 0 Å². The van der Waals surface area contributed by atoms with Crippen molar-refractivity contribution >= 4 is 45.2 Å². The van der Waals surface area contributed by atoms with Crippen LogP contribution in [0.15, 0.2) is 0 Å². The largest absolute Gasteiger partial charge is 0.433 e. The molecule has 2 nitrogen and oxygen atoms in total. The van der Waals surface area contributed by atoms with Crippen molar-refractivity contribution < 1.29 is 88.5 Å². The predicted octanol–water partition coefficient (Wildman–Crippen LogP) is 7.35. The molecule has 0 aromatic rings. The number of ether oxygens (including phenoxy) is 2. The van der Waals surface area contributed by atoms with E-state index in [2.05, 4.69) is 0 Å². The molecule has 0 amide bonds. The molecule has 0 aromatic heterocycles. The van der Waals surface area contributed by atoms with Crippen molar-refractivity contribution in [1.29, 1.82) is 0 Å². The van der Waals surface area contributed by atoms with E-state index in [1.165, 1.54) is 9.47 Å². The molecular formula is C9F18I2O2. The third-order valence-electron chi connectivity index (χ3n) is 2.69. The first-order chi connectivity index (χ1) is 12.9. The van der Waals surface area contributed by atoms with Crippen molar-refractivity contribution in [3.8, 4) is 0 Å². The van der Waals surface area contributed by atoms with E-state index in [-0.39, 0.29) is 0 Å². The third kappa shape index (κ3) is 5.45. The Morgan fingerprint density at radius 1 is 0.323 bits per heavy atom. The number of rotatable bonds is 10. The smallest absolute Gasteiger partial charge is 0.245 e. The van der Waals surface area contributed by atoms with Gasteiger partial charge in [0.1, 0.15) is 0 Å². The summed E-state index contributed by atoms with van der Waals surface area (Å²) >= 11 is -1.52. The molecule has 0 heterocycles. The Morgan fingerprint density at radius 3 is 0.677 bits per heavy atom. The summed E-state index contributed by atoms with van der Waals surface area (Å²) in [4.78, 5) is 0. The monoisotopic (exact) mass is 736 g/mol. The Balaban J connectivity index is 6.36. The molecule has 0 spiro atoms. The van der Waals surface area contributed by atoms with Crippen LogP contribution in [0.25, 0.3) is 0 Å². The average Bonchev–Trinajstić information content (AvgIpc) is 2.41. The average molecular weight is 736 g/mol. The van der Waals surface area contributed by atoms with Crippen LogP contribution in [-0.4, -0.2) is 50.1 Å². The minimum Gasteiger partial charge on any atom is -0.245 e. The van der Waals surface area contributed by atoms with Crippen LogP contribution in [0.4, 0.5) is 79.0 Å². The predicted molar refractivity (Wildman–Crippen MR) is 74.7 cm³/mol. The van der Waals surface area contributed by atoms with E-state index >= 15 is 0 Å². The normalized spacial score (nSPS) is 16.6. The van der Waals surface area contributed by atoms with Gasteiger partial charge >= 0.3 is 50.1 Å². The van der Waals surface area contributed by atoms with Crippen molar-refractivity contribution in [2.24, 2.45) is 0 Å². The minimum absolute atomic E-state index is 0.758. The second-order valence-corrected chi connectivity index (χ2v) is 7.70. The Hall–Kier alpha value is 0.120. The van der Waals surface area contributed by atoms with E-state index in [1.54, 1.807) is 0 Å². The molecule has 0 aliphatic heterocycles. The van der Waals surface area contributed by atoms with Gasteiger partial charge in [0.05, 0.1) is 0 Å². The quantitative estimate of drug-likeness (QED) is 0.133. The fraction of sp³-hybridized carbons (Fsp3) is 1.00. The molecule has 0 saturated carbocycles. The molecule has 0 radical (unpaired) electrons. The molecule has 0 saturated heterocycles. The van der Waals surface area contributed by atoms with Gasteiger partial charge in [-0.05, 0) is 0 Å². The van der Waals surface area contributed by atoms with Crippen LogP contribution >= 0.6 is 45.2 Å². The number of hydrogen-bond donors (Lipinski definition) is 0. The zero-order valence-electron chi connectivity index (χ0n) is 12.9. The van der Waals surface area contributed by atoms with E-state index < -0.39 is 95.2 Å². The summed E-state index contributed by atoms with van der Waals surface area (Å²) in [6.45, 7) is 0. The molecule has 0 N–H and O–H groups in total. The van der Waals surface area contributed by atoms with Crippen LogP contribution in [0.1, 0.15) is 0 Å². The zero-order valence-corrected chi connectivity index (χ0v) is 17.2. The maximum absolute atomic E-state index is 13.2. The van der Waals surface area contributed by atoms with E-state index in [9.17, 15) is 79.0 Å². The molecule has 0 bridgehead atoms. The number of halogens is 20. The highest BCUT2D eigenvalue weighted by Gasteiger charge is 2.90. The molecule has 0 aliphatic rings. The number of hydrogen-bond acceptors (Lipinski definition) is 2. The lowest BCUT2D eigenvalue weighted by Gasteiger charge is -2.40. The van der Waals surface area contributed by atoms with E-state index in [4.69, 9.17) is 0 Å². The van der Waals surface area contributed by atoms with Gasteiger partial charge in [-0.1, -0.05) is 0 Å². The highest BCUT2D eigenvalue weighted by Crippen LogP contribution is 2.60. The van der Waals surface area contributed by atoms with Gasteiger partial charge in [0.15, 0.2) is 0 Å². The lowest BCUT2D eigenvalue weighted by molar-refractivity contribution is -0.519. The van der Waals surface area contributed by atoms with Gasteiger partial charge in [0.25, 0.3) is 0 Å². The highest BCUT2D eigenvalue weighted by molar-refractivity contribution is 14.1. The summed E-state index contributed by atoms with van der Waals surface area (Å²) in [5, 5.41) is 0. The maximum Gasteiger partial charge on any atom is 0.433 e. The summed E-state index contributed by atoms with van der Waals surface area (Å²) in [5.41, 5.74) is 0. The summed E-state index contributed by atoms with van der Waals surface area (Å²) in [6, 6.07) is 0. The lowest BCUT2D eigenvalue weighted by atomic mass is 10.0. The molecule has 0 aromatic carbocycles. The molecule has 0 unspecified atom stereocenters. The van der Waals surface area contributed by atoms with Gasteiger partial charge in [-0.15, -0.1) is 0 Å². The Bertz CT molecular complexity index is 595. The minimum atomic E-state index is -8.43. The molecule has 31 heavy (non-hydrogen) atoms. The topological polar surface area (TPSA) is 18.5 Å². The van der Waals surface area contributed by atoms with Gasteiger partial charge in [-0.25, -0.2) is 9.47 Å². The van der Waals surface area contributed by atoms with Crippen LogP contribution in [0.5, 0.6) is 0 Å². The Morgan fingerprint density at radius 2 is 0.516 bits per heavy atom. The zero-order chi connectivity index (χ0) is 25.9. The van der Waals surface area contributed by atoms with E-state index in [1.807, 2.05) is 0 Å². The van der Waals surface area contributed by atoms with Gasteiger partial charge in [-0.2, -0.15) is 79.0 Å². The van der Waals surface area contributed by atoms with Gasteiger partial charge in [-0.3, -0.25) is 0 Å². The van der Waals surface area contributed by atoms with Gasteiger partial charge in [0.2, 0.25) is 0 Å². The second-order valence-electron chi connectivity index (χ2n) is 4.99. The first kappa shape index (κ1) is 31.1. The maximum atomic E-state index is 13.2. The molecule has 0 atom stereocenters. The highest BCUT2D eigenvalue weighted by atomic mass is 127. The second kappa shape index (κ2) is 8.11. The molecular weight excluding hydrogens is 736 g/mol. The van der Waals surface area contributed by atoms with Crippen molar-refractivity contribution in [3.05, 3.63) is 0 Å². The summed E-state index contributed by atoms with van der Waals surface area (Å²) in [7, 11) is 0. The molecule has 0 rings (SSSR count). The van der Waals surface area contributed by atoms with E-state index in [0.29, 0.717) is 0 Å². The van der Waals surface area contributed by atoms with Crippen LogP contribution in [0.2, 0.25) is 0 Å². The number of alkyl halides is 20. The Labute approximate surface area is 183 Å². The van der Waals surface area contributed by atoms with Crippen molar-refractivity contribution in [1.82, 2.24) is 0 Å². The third-order valence-corrected chi connectivity index (χ3v) is 3.95. The van der Waals surface area contributed by atoms with Gasteiger partial charge < -0.3 is 0 Å². The van der Waals surface area contributed by atoms with Crippen molar-refractivity contribution in [3.63, 3.8) is 0 Å². The summed E-state index contributed by atoms with van der Waals surface area (Å²) < 4.78 is 222. The van der Waals surface area contributed by atoms with Crippen LogP contribution in [-0.2, 0) is 9.47 Å². The SMILES string of the molecule is FC(F)(I)C(F)(F)OC(F)(F)C(F)(F)C(F)(F)C(F)(F)C(F)(F)OC(F)(F)C(F)(F)I. The first-order valence-corrected chi connectivity index (χ1v) is 8.25. The van der Waals surface area contributed by atoms with Crippen LogP contribution in [0, 0.1) is 0 Å². The standard InChI is InChI=1S/C9F18I2O2/c10-1(11,2(12,13)6(20,21)30-8(24,25)4(16,17)28)3(14,15)7(22,23)31-9(26,27)5(18,19)29. The molecule has 0 fully saturated rings. The lowest BCUT2D eigenvalue weighted by Crippen LogP contribution is -2.70.